The average Bonchev–Trinajstić information content (AvgIpc) is 2.81. The number of benzene rings is 1. The molecule has 27 heavy (non-hydrogen) atoms. The fourth-order valence-electron chi connectivity index (χ4n) is 2.30. The van der Waals surface area contributed by atoms with Gasteiger partial charge in [-0.1, -0.05) is 0 Å². The molecule has 2 rings (SSSR count). The first-order valence-electron chi connectivity index (χ1n) is 7.43. The van der Waals surface area contributed by atoms with Crippen LogP contribution in [0.15, 0.2) is 16.6 Å². The van der Waals surface area contributed by atoms with E-state index in [-0.39, 0.29) is 28.7 Å². The van der Waals surface area contributed by atoms with Gasteiger partial charge in [0, 0.05) is 24.7 Å². The number of ether oxygens (including phenoxy) is 1. The minimum atomic E-state index is -1.82. The van der Waals surface area contributed by atoms with Crippen molar-refractivity contribution in [2.24, 2.45) is 7.05 Å². The summed E-state index contributed by atoms with van der Waals surface area (Å²) in [4.78, 5) is 30.4. The van der Waals surface area contributed by atoms with Gasteiger partial charge in [-0.2, -0.15) is 0 Å². The SMILES string of the molecule is Br.CCOC(=O)c1c(CNC)n(C)c2cc(Br)c(O)cc12.O=C(O)C(=O)O. The van der Waals surface area contributed by atoms with Crippen LogP contribution >= 0.6 is 32.9 Å². The van der Waals surface area contributed by atoms with Crippen molar-refractivity contribution in [2.75, 3.05) is 13.7 Å². The zero-order valence-electron chi connectivity index (χ0n) is 14.8. The van der Waals surface area contributed by atoms with E-state index in [1.807, 2.05) is 18.7 Å². The number of carboxylic acids is 2. The number of nitrogens with one attached hydrogen (secondary N) is 1. The molecule has 1 aromatic heterocycles. The third-order valence-electron chi connectivity index (χ3n) is 3.40. The molecule has 0 aliphatic heterocycles. The molecule has 0 fully saturated rings. The number of esters is 1. The summed E-state index contributed by atoms with van der Waals surface area (Å²) in [6.45, 7) is 2.63. The minimum Gasteiger partial charge on any atom is -0.507 e. The molecular weight excluding hydrogens is 492 g/mol. The minimum absolute atomic E-state index is 0. The smallest absolute Gasteiger partial charge is 0.414 e. The summed E-state index contributed by atoms with van der Waals surface area (Å²) in [6, 6.07) is 3.39. The molecule has 4 N–H and O–H groups in total. The van der Waals surface area contributed by atoms with Crippen LogP contribution in [0.5, 0.6) is 5.75 Å². The molecule has 0 bridgehead atoms. The second kappa shape index (κ2) is 10.9. The number of aryl methyl sites for hydroxylation is 1. The molecule has 0 atom stereocenters. The molecule has 0 aliphatic carbocycles. The molecule has 1 aromatic carbocycles. The molecule has 9 nitrogen and oxygen atoms in total. The van der Waals surface area contributed by atoms with Gasteiger partial charge in [0.15, 0.2) is 0 Å². The number of phenolic OH excluding ortho intramolecular Hbond substituents is 1. The zero-order valence-corrected chi connectivity index (χ0v) is 18.1. The Kier molecular flexibility index (Phi) is 10.0. The predicted molar refractivity (Wildman–Crippen MR) is 107 cm³/mol. The van der Waals surface area contributed by atoms with E-state index >= 15 is 0 Å². The number of hydrogen-bond donors (Lipinski definition) is 4. The Morgan fingerprint density at radius 2 is 1.78 bits per heavy atom. The van der Waals surface area contributed by atoms with Crippen LogP contribution in [0.3, 0.4) is 0 Å². The number of nitrogens with zero attached hydrogens (tertiary/aromatic N) is 1. The van der Waals surface area contributed by atoms with Crippen molar-refractivity contribution in [3.05, 3.63) is 27.9 Å². The number of halogens is 2. The van der Waals surface area contributed by atoms with Crippen molar-refractivity contribution in [3.63, 3.8) is 0 Å². The molecule has 0 amide bonds. The maximum atomic E-state index is 12.2. The first-order valence-corrected chi connectivity index (χ1v) is 8.22. The van der Waals surface area contributed by atoms with Crippen LogP contribution in [0.4, 0.5) is 0 Å². The number of aliphatic carboxylic acids is 2. The van der Waals surface area contributed by atoms with Crippen molar-refractivity contribution in [2.45, 2.75) is 13.5 Å². The Hall–Kier alpha value is -2.11. The van der Waals surface area contributed by atoms with Gasteiger partial charge in [-0.25, -0.2) is 14.4 Å². The van der Waals surface area contributed by atoms with Crippen molar-refractivity contribution in [3.8, 4) is 5.75 Å². The molecule has 0 radical (unpaired) electrons. The third kappa shape index (κ3) is 5.94. The van der Waals surface area contributed by atoms with Crippen LogP contribution in [0.25, 0.3) is 10.9 Å². The van der Waals surface area contributed by atoms with Crippen molar-refractivity contribution >= 4 is 61.7 Å². The van der Waals surface area contributed by atoms with Crippen LogP contribution in [0, 0.1) is 0 Å². The second-order valence-corrected chi connectivity index (χ2v) is 5.92. The summed E-state index contributed by atoms with van der Waals surface area (Å²) >= 11 is 3.30. The van der Waals surface area contributed by atoms with Gasteiger partial charge in [0.05, 0.1) is 22.2 Å². The molecule has 1 heterocycles. The van der Waals surface area contributed by atoms with Gasteiger partial charge in [-0.05, 0) is 42.0 Å². The third-order valence-corrected chi connectivity index (χ3v) is 4.03. The quantitative estimate of drug-likeness (QED) is 0.362. The molecule has 11 heteroatoms. The number of fused-ring (bicyclic) bond motifs is 1. The van der Waals surface area contributed by atoms with Crippen molar-refractivity contribution < 1.29 is 34.4 Å². The highest BCUT2D eigenvalue weighted by atomic mass is 79.9. The fraction of sp³-hybridized carbons (Fsp3) is 0.312. The molecule has 2 aromatic rings. The summed E-state index contributed by atoms with van der Waals surface area (Å²) in [6.07, 6.45) is 0. The molecule has 150 valence electrons. The average molecular weight is 512 g/mol. The fourth-order valence-corrected chi connectivity index (χ4v) is 2.63. The Bertz CT molecular complexity index is 837. The number of aromatic hydroxyl groups is 1. The van der Waals surface area contributed by atoms with Crippen LogP contribution in [-0.2, 0) is 27.9 Å². The Labute approximate surface area is 173 Å². The lowest BCUT2D eigenvalue weighted by molar-refractivity contribution is -0.159. The van der Waals surface area contributed by atoms with E-state index in [2.05, 4.69) is 21.2 Å². The van der Waals surface area contributed by atoms with E-state index in [0.29, 0.717) is 28.6 Å². The van der Waals surface area contributed by atoms with Crippen LogP contribution in [-0.4, -0.2) is 51.4 Å². The number of rotatable bonds is 4. The van der Waals surface area contributed by atoms with E-state index < -0.39 is 11.9 Å². The van der Waals surface area contributed by atoms with E-state index in [9.17, 15) is 9.90 Å². The lowest BCUT2D eigenvalue weighted by Crippen LogP contribution is -2.14. The largest absolute Gasteiger partial charge is 0.507 e. The highest BCUT2D eigenvalue weighted by molar-refractivity contribution is 9.10. The lowest BCUT2D eigenvalue weighted by atomic mass is 10.1. The Morgan fingerprint density at radius 3 is 2.22 bits per heavy atom. The van der Waals surface area contributed by atoms with Crippen molar-refractivity contribution in [1.29, 1.82) is 0 Å². The molecule has 0 saturated carbocycles. The van der Waals surface area contributed by atoms with Gasteiger partial charge in [-0.3, -0.25) is 0 Å². The Morgan fingerprint density at radius 1 is 1.22 bits per heavy atom. The summed E-state index contributed by atoms with van der Waals surface area (Å²) < 4.78 is 7.66. The van der Waals surface area contributed by atoms with Gasteiger partial charge in [-0.15, -0.1) is 17.0 Å². The van der Waals surface area contributed by atoms with E-state index in [4.69, 9.17) is 24.5 Å². The van der Waals surface area contributed by atoms with Crippen LogP contribution in [0.2, 0.25) is 0 Å². The van der Waals surface area contributed by atoms with Gasteiger partial charge in [0.25, 0.3) is 0 Å². The molecule has 0 unspecified atom stereocenters. The summed E-state index contributed by atoms with van der Waals surface area (Å²) in [5.74, 6) is -3.92. The van der Waals surface area contributed by atoms with Gasteiger partial charge < -0.3 is 29.9 Å². The first-order chi connectivity index (χ1) is 12.1. The van der Waals surface area contributed by atoms with Gasteiger partial charge in [0.2, 0.25) is 0 Å². The Balaban J connectivity index is 0.000000842. The van der Waals surface area contributed by atoms with E-state index in [1.54, 1.807) is 19.1 Å². The highest BCUT2D eigenvalue weighted by Gasteiger charge is 2.22. The maximum Gasteiger partial charge on any atom is 0.414 e. The number of carboxylic acid groups (broad SMARTS) is 2. The van der Waals surface area contributed by atoms with E-state index in [1.165, 1.54) is 0 Å². The zero-order chi connectivity index (χ0) is 20.0. The van der Waals surface area contributed by atoms with Gasteiger partial charge in [0.1, 0.15) is 5.75 Å². The topological polar surface area (TPSA) is 138 Å². The van der Waals surface area contributed by atoms with E-state index in [0.717, 1.165) is 11.2 Å². The monoisotopic (exact) mass is 510 g/mol. The number of carbonyl (C=O) groups excluding carboxylic acids is 1. The number of aromatic nitrogens is 1. The number of phenols is 1. The predicted octanol–water partition coefficient (Wildman–Crippen LogP) is 2.28. The normalized spacial score (nSPS) is 9.78. The number of carbonyl (C=O) groups is 3. The highest BCUT2D eigenvalue weighted by Crippen LogP contribution is 2.34. The standard InChI is InChI=1S/C14H17BrN2O3.C2H2O4.BrH/c1-4-20-14(19)13-8-5-12(18)9(15)6-10(8)17(3)11(13)7-16-2;3-1(4)2(5)6;/h5-6,16,18H,4,7H2,1-3H3;(H,3,4)(H,5,6);1H. The van der Waals surface area contributed by atoms with Crippen LogP contribution in [0.1, 0.15) is 23.0 Å². The molecule has 0 saturated heterocycles. The summed E-state index contributed by atoms with van der Waals surface area (Å²) in [7, 11) is 3.71. The summed E-state index contributed by atoms with van der Waals surface area (Å²) in [5.41, 5.74) is 2.20. The van der Waals surface area contributed by atoms with Crippen LogP contribution < -0.4 is 5.32 Å². The molecule has 0 spiro atoms. The van der Waals surface area contributed by atoms with Gasteiger partial charge >= 0.3 is 17.9 Å². The van der Waals surface area contributed by atoms with Crippen molar-refractivity contribution in [1.82, 2.24) is 9.88 Å². The maximum absolute atomic E-state index is 12.2. The second-order valence-electron chi connectivity index (χ2n) is 5.06. The summed E-state index contributed by atoms with van der Waals surface area (Å²) in [5, 5.41) is 28.4. The first kappa shape index (κ1) is 24.9. The molecule has 0 aliphatic rings. The molecular formula is C16H20Br2N2O7. The lowest BCUT2D eigenvalue weighted by Gasteiger charge is -2.06. The number of hydrogen-bond acceptors (Lipinski definition) is 6.